The molecule has 0 amide bonds. The van der Waals surface area contributed by atoms with Gasteiger partial charge in [-0.25, -0.2) is 0 Å². The normalized spacial score (nSPS) is 10.4. The molecule has 0 spiro atoms. The Balaban J connectivity index is 0.000000141. The lowest BCUT2D eigenvalue weighted by Gasteiger charge is -2.03. The third-order valence-corrected chi connectivity index (χ3v) is 4.66. The number of hydrogen-bond donors (Lipinski definition) is 4. The quantitative estimate of drug-likeness (QED) is 0.253. The molecule has 0 heterocycles. The van der Waals surface area contributed by atoms with Gasteiger partial charge in [0.1, 0.15) is 0 Å². The van der Waals surface area contributed by atoms with Crippen molar-refractivity contribution >= 4 is 58.2 Å². The van der Waals surface area contributed by atoms with Gasteiger partial charge in [-0.05, 0) is 39.7 Å². The van der Waals surface area contributed by atoms with Crippen molar-refractivity contribution in [3.63, 3.8) is 0 Å². The number of benzene rings is 4. The summed E-state index contributed by atoms with van der Waals surface area (Å²) in [5.74, 6) is 0. The Hall–Kier alpha value is -2.30. The SMILES string of the molecule is Nc1cc(S)c2ccccc2c1.Nc1ccc2ccccc2c1S. The predicted molar refractivity (Wildman–Crippen MR) is 111 cm³/mol. The van der Waals surface area contributed by atoms with Gasteiger partial charge in [0.05, 0.1) is 0 Å². The Kier molecular flexibility index (Phi) is 4.88. The molecule has 0 saturated heterocycles. The van der Waals surface area contributed by atoms with E-state index in [-0.39, 0.29) is 0 Å². The summed E-state index contributed by atoms with van der Waals surface area (Å²) in [5.41, 5.74) is 12.9. The van der Waals surface area contributed by atoms with E-state index in [1.54, 1.807) is 0 Å². The maximum Gasteiger partial charge on any atom is 0.0456 e. The van der Waals surface area contributed by atoms with Crippen LogP contribution < -0.4 is 11.5 Å². The summed E-state index contributed by atoms with van der Waals surface area (Å²) >= 11 is 8.68. The molecule has 4 aromatic rings. The summed E-state index contributed by atoms with van der Waals surface area (Å²) in [5, 5.41) is 4.58. The number of anilines is 2. The highest BCUT2D eigenvalue weighted by molar-refractivity contribution is 7.80. The summed E-state index contributed by atoms with van der Waals surface area (Å²) < 4.78 is 0. The number of thiol groups is 2. The van der Waals surface area contributed by atoms with Gasteiger partial charge in [-0.1, -0.05) is 54.6 Å². The zero-order valence-electron chi connectivity index (χ0n) is 13.0. The van der Waals surface area contributed by atoms with Gasteiger partial charge in [0.25, 0.3) is 0 Å². The van der Waals surface area contributed by atoms with Gasteiger partial charge in [-0.3, -0.25) is 0 Å². The molecule has 0 saturated carbocycles. The summed E-state index contributed by atoms with van der Waals surface area (Å²) in [4.78, 5) is 1.80. The van der Waals surface area contributed by atoms with Crippen LogP contribution in [-0.4, -0.2) is 0 Å². The molecule has 4 aromatic carbocycles. The lowest BCUT2D eigenvalue weighted by molar-refractivity contribution is 1.55. The lowest BCUT2D eigenvalue weighted by Crippen LogP contribution is -1.86. The van der Waals surface area contributed by atoms with E-state index in [2.05, 4.69) is 31.3 Å². The largest absolute Gasteiger partial charge is 0.399 e. The van der Waals surface area contributed by atoms with Crippen LogP contribution in [0.4, 0.5) is 11.4 Å². The summed E-state index contributed by atoms with van der Waals surface area (Å²) in [6.45, 7) is 0. The van der Waals surface area contributed by atoms with Crippen LogP contribution in [0.1, 0.15) is 0 Å². The first-order chi connectivity index (χ1) is 11.6. The van der Waals surface area contributed by atoms with Crippen molar-refractivity contribution < 1.29 is 0 Å². The van der Waals surface area contributed by atoms with Gasteiger partial charge in [-0.2, -0.15) is 0 Å². The molecule has 0 unspecified atom stereocenters. The zero-order chi connectivity index (χ0) is 17.1. The van der Waals surface area contributed by atoms with Crippen molar-refractivity contribution in [2.45, 2.75) is 9.79 Å². The molecule has 0 aliphatic carbocycles. The van der Waals surface area contributed by atoms with E-state index in [0.717, 1.165) is 37.3 Å². The van der Waals surface area contributed by atoms with E-state index in [0.29, 0.717) is 0 Å². The van der Waals surface area contributed by atoms with Crippen LogP contribution in [0.3, 0.4) is 0 Å². The second kappa shape index (κ2) is 7.07. The van der Waals surface area contributed by atoms with Crippen molar-refractivity contribution in [2.24, 2.45) is 0 Å². The third-order valence-electron chi connectivity index (χ3n) is 3.79. The fraction of sp³-hybridized carbons (Fsp3) is 0. The molecular weight excluding hydrogens is 332 g/mol. The fourth-order valence-corrected chi connectivity index (χ4v) is 3.22. The Morgan fingerprint density at radius 3 is 2.00 bits per heavy atom. The summed E-state index contributed by atoms with van der Waals surface area (Å²) in [7, 11) is 0. The summed E-state index contributed by atoms with van der Waals surface area (Å²) in [6.07, 6.45) is 0. The van der Waals surface area contributed by atoms with E-state index >= 15 is 0 Å². The van der Waals surface area contributed by atoms with E-state index in [9.17, 15) is 0 Å². The van der Waals surface area contributed by atoms with E-state index in [4.69, 9.17) is 11.5 Å². The molecule has 0 aromatic heterocycles. The topological polar surface area (TPSA) is 52.0 Å². The molecule has 2 nitrogen and oxygen atoms in total. The second-order valence-electron chi connectivity index (χ2n) is 5.49. The van der Waals surface area contributed by atoms with Crippen molar-refractivity contribution in [2.75, 3.05) is 11.5 Å². The van der Waals surface area contributed by atoms with Gasteiger partial charge in [0.2, 0.25) is 0 Å². The lowest BCUT2D eigenvalue weighted by atomic mass is 10.1. The first-order valence-electron chi connectivity index (χ1n) is 7.49. The molecule has 4 rings (SSSR count). The van der Waals surface area contributed by atoms with Crippen molar-refractivity contribution in [3.05, 3.63) is 72.8 Å². The van der Waals surface area contributed by atoms with Crippen LogP contribution in [0.2, 0.25) is 0 Å². The van der Waals surface area contributed by atoms with Crippen LogP contribution in [0.15, 0.2) is 82.6 Å². The van der Waals surface area contributed by atoms with Crippen LogP contribution in [0.5, 0.6) is 0 Å². The average molecular weight is 351 g/mol. The highest BCUT2D eigenvalue weighted by Crippen LogP contribution is 2.27. The Bertz CT molecular complexity index is 1010. The van der Waals surface area contributed by atoms with Gasteiger partial charge in [0, 0.05) is 21.2 Å². The highest BCUT2D eigenvalue weighted by atomic mass is 32.1. The smallest absolute Gasteiger partial charge is 0.0456 e. The van der Waals surface area contributed by atoms with E-state index < -0.39 is 0 Å². The standard InChI is InChI=1S/2C10H9NS/c11-8-5-7-3-1-2-4-9(7)10(12)6-8;11-9-6-5-7-3-1-2-4-8(7)10(9)12/h2*1-6,12H,11H2. The zero-order valence-corrected chi connectivity index (χ0v) is 14.8. The van der Waals surface area contributed by atoms with Crippen LogP contribution in [0.25, 0.3) is 21.5 Å². The molecule has 0 atom stereocenters. The van der Waals surface area contributed by atoms with Crippen LogP contribution in [0, 0.1) is 0 Å². The molecule has 0 bridgehead atoms. The number of rotatable bonds is 0. The van der Waals surface area contributed by atoms with Crippen molar-refractivity contribution in [1.29, 1.82) is 0 Å². The molecule has 24 heavy (non-hydrogen) atoms. The number of fused-ring (bicyclic) bond motifs is 2. The third kappa shape index (κ3) is 3.45. The first kappa shape index (κ1) is 16.6. The number of nitrogen functional groups attached to an aromatic ring is 2. The second-order valence-corrected chi connectivity index (χ2v) is 6.41. The molecule has 0 fully saturated rings. The number of hydrogen-bond acceptors (Lipinski definition) is 4. The van der Waals surface area contributed by atoms with Gasteiger partial charge >= 0.3 is 0 Å². The molecule has 4 N–H and O–H groups in total. The van der Waals surface area contributed by atoms with Crippen LogP contribution >= 0.6 is 25.3 Å². The van der Waals surface area contributed by atoms with Gasteiger partial charge in [0.15, 0.2) is 0 Å². The minimum atomic E-state index is 0.733. The molecule has 0 aliphatic rings. The maximum atomic E-state index is 5.71. The maximum absolute atomic E-state index is 5.71. The molecule has 0 radical (unpaired) electrons. The van der Waals surface area contributed by atoms with Crippen molar-refractivity contribution in [3.8, 4) is 0 Å². The molecule has 0 aliphatic heterocycles. The van der Waals surface area contributed by atoms with E-state index in [1.165, 1.54) is 5.39 Å². The molecular formula is C20H18N2S2. The van der Waals surface area contributed by atoms with Crippen LogP contribution in [-0.2, 0) is 0 Å². The first-order valence-corrected chi connectivity index (χ1v) is 8.39. The highest BCUT2D eigenvalue weighted by Gasteiger charge is 1.99. The Morgan fingerprint density at radius 2 is 1.25 bits per heavy atom. The minimum Gasteiger partial charge on any atom is -0.399 e. The summed E-state index contributed by atoms with van der Waals surface area (Å²) in [6, 6.07) is 23.8. The van der Waals surface area contributed by atoms with Gasteiger partial charge in [-0.15, -0.1) is 25.3 Å². The average Bonchev–Trinajstić information content (AvgIpc) is 2.59. The monoisotopic (exact) mass is 350 g/mol. The Labute approximate surface area is 152 Å². The van der Waals surface area contributed by atoms with E-state index in [1.807, 2.05) is 66.7 Å². The van der Waals surface area contributed by atoms with Gasteiger partial charge < -0.3 is 11.5 Å². The molecule has 4 heteroatoms. The Morgan fingerprint density at radius 1 is 0.625 bits per heavy atom. The molecule has 120 valence electrons. The predicted octanol–water partition coefficient (Wildman–Crippen LogP) is 5.42. The van der Waals surface area contributed by atoms with Crippen molar-refractivity contribution in [1.82, 2.24) is 0 Å². The number of nitrogens with two attached hydrogens (primary N) is 2. The fourth-order valence-electron chi connectivity index (χ4n) is 2.58. The minimum absolute atomic E-state index is 0.733.